The molecule has 9 heteroatoms. The second-order valence-electron chi connectivity index (χ2n) is 4.09. The van der Waals surface area contributed by atoms with Crippen LogP contribution in [0.3, 0.4) is 0 Å². The van der Waals surface area contributed by atoms with Crippen LogP contribution in [-0.4, -0.2) is 42.9 Å². The van der Waals surface area contributed by atoms with Gasteiger partial charge >= 0.3 is 6.01 Å². The summed E-state index contributed by atoms with van der Waals surface area (Å²) in [7, 11) is -0.988. The zero-order chi connectivity index (χ0) is 15.2. The maximum atomic E-state index is 10.6. The van der Waals surface area contributed by atoms with E-state index in [0.717, 1.165) is 0 Å². The van der Waals surface area contributed by atoms with Crippen molar-refractivity contribution in [3.05, 3.63) is 10.7 Å². The van der Waals surface area contributed by atoms with Gasteiger partial charge in [0.1, 0.15) is 5.15 Å². The van der Waals surface area contributed by atoms with Crippen molar-refractivity contribution in [2.45, 2.75) is 25.7 Å². The largest absolute Gasteiger partial charge is 0.481 e. The Morgan fingerprint density at radius 2 is 1.85 bits per heavy atom. The minimum absolute atomic E-state index is 0.127. The first-order valence-electron chi connectivity index (χ1n) is 5.97. The number of ether oxygens (including phenoxy) is 2. The zero-order valence-electron chi connectivity index (χ0n) is 11.3. The molecule has 0 radical (unpaired) electrons. The Morgan fingerprint density at radius 1 is 1.15 bits per heavy atom. The summed E-state index contributed by atoms with van der Waals surface area (Å²) in [6, 6.07) is 0.127. The van der Waals surface area contributed by atoms with Crippen LogP contribution < -0.4 is 9.47 Å². The second kappa shape index (κ2) is 7.61. The predicted octanol–water partition coefficient (Wildman–Crippen LogP) is 1.75. The summed E-state index contributed by atoms with van der Waals surface area (Å²) in [6.45, 7) is 0. The fourth-order valence-electron chi connectivity index (χ4n) is 1.65. The summed E-state index contributed by atoms with van der Waals surface area (Å²) in [5.41, 5.74) is 0.654. The van der Waals surface area contributed by atoms with Crippen molar-refractivity contribution in [3.8, 4) is 11.9 Å². The molecule has 0 fully saturated rings. The third kappa shape index (κ3) is 5.48. The summed E-state index contributed by atoms with van der Waals surface area (Å²) in [5.74, 6) is 0.105. The van der Waals surface area contributed by atoms with Crippen LogP contribution in [0.15, 0.2) is 0 Å². The lowest BCUT2D eigenvalue weighted by atomic mass is 10.1. The Morgan fingerprint density at radius 3 is 2.40 bits per heavy atom. The molecule has 0 aromatic carbocycles. The molecular formula is C11H17ClN2O5S. The summed E-state index contributed by atoms with van der Waals surface area (Å²) in [6.07, 6.45) is 2.25. The normalized spacial score (nSPS) is 11.4. The molecule has 0 unspecified atom stereocenters. The second-order valence-corrected chi connectivity index (χ2v) is 6.02. The number of unbranched alkanes of at least 4 members (excludes halogenated alkanes) is 2. The molecule has 20 heavy (non-hydrogen) atoms. The lowest BCUT2D eigenvalue weighted by Gasteiger charge is -2.10. The van der Waals surface area contributed by atoms with E-state index in [1.165, 1.54) is 14.2 Å². The van der Waals surface area contributed by atoms with Gasteiger partial charge in [0.05, 0.1) is 25.5 Å². The molecule has 0 saturated carbocycles. The maximum absolute atomic E-state index is 10.6. The van der Waals surface area contributed by atoms with E-state index in [1.807, 2.05) is 0 Å². The highest BCUT2D eigenvalue weighted by atomic mass is 35.5. The van der Waals surface area contributed by atoms with Crippen LogP contribution >= 0.6 is 11.6 Å². The monoisotopic (exact) mass is 324 g/mol. The van der Waals surface area contributed by atoms with Gasteiger partial charge in [-0.1, -0.05) is 18.0 Å². The van der Waals surface area contributed by atoms with Crippen molar-refractivity contribution in [1.29, 1.82) is 0 Å². The summed E-state index contributed by atoms with van der Waals surface area (Å²) in [5, 5.41) is 0.253. The smallest absolute Gasteiger partial charge is 0.320 e. The summed E-state index contributed by atoms with van der Waals surface area (Å²) in [4.78, 5) is 7.99. The van der Waals surface area contributed by atoms with Gasteiger partial charge in [0, 0.05) is 0 Å². The van der Waals surface area contributed by atoms with E-state index >= 15 is 0 Å². The molecule has 0 aliphatic heterocycles. The van der Waals surface area contributed by atoms with Crippen LogP contribution in [0.25, 0.3) is 0 Å². The molecule has 1 aromatic rings. The van der Waals surface area contributed by atoms with Crippen LogP contribution in [0.1, 0.15) is 24.8 Å². The van der Waals surface area contributed by atoms with Gasteiger partial charge < -0.3 is 9.47 Å². The predicted molar refractivity (Wildman–Crippen MR) is 74.1 cm³/mol. The molecule has 0 aliphatic rings. The van der Waals surface area contributed by atoms with Crippen LogP contribution in [0.5, 0.6) is 11.9 Å². The van der Waals surface area contributed by atoms with Gasteiger partial charge in [0.25, 0.3) is 10.1 Å². The molecule has 0 aliphatic carbocycles. The third-order valence-corrected chi connectivity index (χ3v) is 3.72. The van der Waals surface area contributed by atoms with Crippen molar-refractivity contribution in [2.24, 2.45) is 0 Å². The molecule has 0 spiro atoms. The Labute approximate surface area is 123 Å². The number of hydrogen-bond acceptors (Lipinski definition) is 6. The van der Waals surface area contributed by atoms with Gasteiger partial charge in [0.2, 0.25) is 5.88 Å². The third-order valence-electron chi connectivity index (χ3n) is 2.60. The Hall–Kier alpha value is -1.12. The number of aromatic nitrogens is 2. The van der Waals surface area contributed by atoms with E-state index in [1.54, 1.807) is 0 Å². The first kappa shape index (κ1) is 16.9. The number of methoxy groups -OCH3 is 2. The van der Waals surface area contributed by atoms with Crippen LogP contribution in [-0.2, 0) is 16.5 Å². The van der Waals surface area contributed by atoms with E-state index < -0.39 is 10.1 Å². The zero-order valence-corrected chi connectivity index (χ0v) is 12.9. The molecule has 1 N–H and O–H groups in total. The fraction of sp³-hybridized carbons (Fsp3) is 0.636. The number of nitrogens with zero attached hydrogens (tertiary/aromatic N) is 2. The van der Waals surface area contributed by atoms with Crippen molar-refractivity contribution in [1.82, 2.24) is 9.97 Å². The van der Waals surface area contributed by atoms with E-state index in [4.69, 9.17) is 25.6 Å². The van der Waals surface area contributed by atoms with Gasteiger partial charge in [-0.25, -0.2) is 0 Å². The lowest BCUT2D eigenvalue weighted by Crippen LogP contribution is -2.04. The van der Waals surface area contributed by atoms with Gasteiger partial charge in [-0.3, -0.25) is 4.55 Å². The molecular weight excluding hydrogens is 308 g/mol. The molecule has 114 valence electrons. The SMILES string of the molecule is COc1nc(Cl)c(CCCCCS(=O)(=O)O)c(OC)n1. The molecule has 0 bridgehead atoms. The topological polar surface area (TPSA) is 98.6 Å². The van der Waals surface area contributed by atoms with Gasteiger partial charge in [-0.2, -0.15) is 18.4 Å². The van der Waals surface area contributed by atoms with Crippen LogP contribution in [0.4, 0.5) is 0 Å². The molecule has 1 heterocycles. The van der Waals surface area contributed by atoms with Crippen molar-refractivity contribution < 1.29 is 22.4 Å². The van der Waals surface area contributed by atoms with Crippen molar-refractivity contribution in [2.75, 3.05) is 20.0 Å². The molecule has 1 rings (SSSR count). The Balaban J connectivity index is 2.59. The standard InChI is InChI=1S/C11H17ClN2O5S/c1-18-10-8(9(12)13-11(14-10)19-2)6-4-3-5-7-20(15,16)17/h3-7H2,1-2H3,(H,15,16,17). The van der Waals surface area contributed by atoms with Crippen LogP contribution in [0, 0.1) is 0 Å². The van der Waals surface area contributed by atoms with Crippen LogP contribution in [0.2, 0.25) is 5.15 Å². The average molecular weight is 325 g/mol. The van der Waals surface area contributed by atoms with E-state index in [9.17, 15) is 8.42 Å². The molecule has 1 aromatic heterocycles. The molecule has 0 atom stereocenters. The summed E-state index contributed by atoms with van der Waals surface area (Å²) >= 11 is 6.03. The average Bonchev–Trinajstić information content (AvgIpc) is 2.38. The first-order chi connectivity index (χ1) is 9.37. The van der Waals surface area contributed by atoms with Gasteiger partial charge in [-0.05, 0) is 19.3 Å². The first-order valence-corrected chi connectivity index (χ1v) is 7.95. The van der Waals surface area contributed by atoms with E-state index in [-0.39, 0.29) is 16.9 Å². The number of halogens is 1. The fourth-order valence-corrected chi connectivity index (χ4v) is 2.47. The highest BCUT2D eigenvalue weighted by Crippen LogP contribution is 2.27. The van der Waals surface area contributed by atoms with Crippen molar-refractivity contribution in [3.63, 3.8) is 0 Å². The minimum atomic E-state index is -3.89. The Kier molecular flexibility index (Phi) is 6.44. The Bertz CT molecular complexity index is 550. The number of rotatable bonds is 8. The number of hydrogen-bond donors (Lipinski definition) is 1. The molecule has 0 saturated heterocycles. The van der Waals surface area contributed by atoms with Gasteiger partial charge in [0.15, 0.2) is 0 Å². The quantitative estimate of drug-likeness (QED) is 0.442. The molecule has 0 amide bonds. The highest BCUT2D eigenvalue weighted by molar-refractivity contribution is 7.85. The van der Waals surface area contributed by atoms with E-state index in [2.05, 4.69) is 9.97 Å². The minimum Gasteiger partial charge on any atom is -0.481 e. The maximum Gasteiger partial charge on any atom is 0.320 e. The van der Waals surface area contributed by atoms with Crippen molar-refractivity contribution >= 4 is 21.7 Å². The lowest BCUT2D eigenvalue weighted by molar-refractivity contribution is 0.348. The highest BCUT2D eigenvalue weighted by Gasteiger charge is 2.14. The molecule has 7 nitrogen and oxygen atoms in total. The van der Waals surface area contributed by atoms with E-state index in [0.29, 0.717) is 37.1 Å². The summed E-state index contributed by atoms with van der Waals surface area (Å²) < 4.78 is 39.8. The van der Waals surface area contributed by atoms with Gasteiger partial charge in [-0.15, -0.1) is 0 Å².